The predicted octanol–water partition coefficient (Wildman–Crippen LogP) is 6.27. The third-order valence-electron chi connectivity index (χ3n) is 9.48. The van der Waals surface area contributed by atoms with Crippen molar-refractivity contribution in [3.8, 4) is 0 Å². The van der Waals surface area contributed by atoms with Crippen LogP contribution in [-0.2, 0) is 10.0 Å². The zero-order valence-electron chi connectivity index (χ0n) is 24.8. The number of halogens is 2. The summed E-state index contributed by atoms with van der Waals surface area (Å²) in [6.07, 6.45) is 3.90. The van der Waals surface area contributed by atoms with Gasteiger partial charge in [0.25, 0.3) is 0 Å². The van der Waals surface area contributed by atoms with Crippen molar-refractivity contribution in [1.29, 1.82) is 0 Å². The van der Waals surface area contributed by atoms with Crippen LogP contribution in [0.5, 0.6) is 0 Å². The van der Waals surface area contributed by atoms with Gasteiger partial charge in [0.05, 0.1) is 16.8 Å². The van der Waals surface area contributed by atoms with Gasteiger partial charge in [0.1, 0.15) is 5.82 Å². The summed E-state index contributed by atoms with van der Waals surface area (Å²) in [5.41, 5.74) is 5.64. The molecular weight excluding hydrogens is 613 g/mol. The number of aromatic nitrogens is 2. The Morgan fingerprint density at radius 1 is 0.795 bits per heavy atom. The second-order valence-electron chi connectivity index (χ2n) is 12.4. The molecule has 0 amide bonds. The van der Waals surface area contributed by atoms with Crippen LogP contribution in [0.3, 0.4) is 0 Å². The van der Waals surface area contributed by atoms with Gasteiger partial charge in [-0.1, -0.05) is 53.5 Å². The van der Waals surface area contributed by atoms with E-state index in [1.54, 1.807) is 4.31 Å². The van der Waals surface area contributed by atoms with E-state index in [0.717, 1.165) is 79.8 Å². The van der Waals surface area contributed by atoms with Gasteiger partial charge in [-0.15, -0.1) is 0 Å². The molecule has 3 heterocycles. The first kappa shape index (κ1) is 30.2. The summed E-state index contributed by atoms with van der Waals surface area (Å²) >= 11 is 12.5. The predicted molar refractivity (Wildman–Crippen MR) is 178 cm³/mol. The lowest BCUT2D eigenvalue weighted by molar-refractivity contribution is 0.247. The maximum atomic E-state index is 13.3. The fourth-order valence-corrected chi connectivity index (χ4v) is 8.66. The molecule has 7 nitrogen and oxygen atoms in total. The molecule has 232 valence electrons. The Balaban J connectivity index is 1.18. The molecule has 1 N–H and O–H groups in total. The summed E-state index contributed by atoms with van der Waals surface area (Å²) in [5.74, 6) is 1.84. The number of nitrogens with zero attached hydrogens (tertiary/aromatic N) is 4. The van der Waals surface area contributed by atoms with Crippen molar-refractivity contribution in [3.05, 3.63) is 99.3 Å². The van der Waals surface area contributed by atoms with Gasteiger partial charge >= 0.3 is 0 Å². The van der Waals surface area contributed by atoms with Crippen LogP contribution in [-0.4, -0.2) is 78.7 Å². The summed E-state index contributed by atoms with van der Waals surface area (Å²) < 4.78 is 30.8. The summed E-state index contributed by atoms with van der Waals surface area (Å²) in [6, 6.07) is 23.0. The Hall–Kier alpha value is -2.46. The largest absolute Gasteiger partial charge is 0.325 e. The fraction of sp³-hybridized carbons (Fsp3) is 0.441. The number of hydrogen-bond acceptors (Lipinski definition) is 5. The van der Waals surface area contributed by atoms with Gasteiger partial charge in [0.15, 0.2) is 0 Å². The van der Waals surface area contributed by atoms with Crippen LogP contribution in [0.25, 0.3) is 11.0 Å². The SMILES string of the molecule is O=S(=O)(CCN1CCNCC1)N1CCC(n2c(C3CC3)nc3ccc(C(c4ccc(Cl)cc4)c4ccc(Cl)cc4)cc32)CC1. The summed E-state index contributed by atoms with van der Waals surface area (Å²) in [6.45, 7) is 5.38. The molecule has 10 heteroatoms. The molecule has 7 rings (SSSR count). The molecular formula is C34H39Cl2N5O2S. The highest BCUT2D eigenvalue weighted by Crippen LogP contribution is 2.44. The van der Waals surface area contributed by atoms with Gasteiger partial charge < -0.3 is 9.88 Å². The van der Waals surface area contributed by atoms with Crippen molar-refractivity contribution in [2.45, 2.75) is 43.6 Å². The molecule has 0 spiro atoms. The van der Waals surface area contributed by atoms with Gasteiger partial charge in [0, 0.05) is 73.7 Å². The number of piperidine rings is 1. The third-order valence-corrected chi connectivity index (χ3v) is 11.8. The smallest absolute Gasteiger partial charge is 0.215 e. The molecule has 3 aliphatic rings. The van der Waals surface area contributed by atoms with Gasteiger partial charge in [-0.05, 0) is 78.8 Å². The third kappa shape index (κ3) is 6.43. The molecule has 2 aliphatic heterocycles. The van der Waals surface area contributed by atoms with Crippen molar-refractivity contribution in [2.24, 2.45) is 0 Å². The first-order valence-corrected chi connectivity index (χ1v) is 18.2. The maximum absolute atomic E-state index is 13.3. The Bertz CT molecular complexity index is 1660. The lowest BCUT2D eigenvalue weighted by Crippen LogP contribution is -2.47. The van der Waals surface area contributed by atoms with Crippen molar-refractivity contribution in [1.82, 2.24) is 24.1 Å². The molecule has 1 aromatic heterocycles. The minimum Gasteiger partial charge on any atom is -0.325 e. The topological polar surface area (TPSA) is 70.5 Å². The second-order valence-corrected chi connectivity index (χ2v) is 15.4. The fourth-order valence-electron chi connectivity index (χ4n) is 6.90. The van der Waals surface area contributed by atoms with E-state index in [1.165, 1.54) is 5.56 Å². The second kappa shape index (κ2) is 12.7. The van der Waals surface area contributed by atoms with Crippen molar-refractivity contribution >= 4 is 44.3 Å². The molecule has 0 atom stereocenters. The highest BCUT2D eigenvalue weighted by atomic mass is 35.5. The van der Waals surface area contributed by atoms with E-state index in [1.807, 2.05) is 24.3 Å². The molecule has 2 saturated heterocycles. The summed E-state index contributed by atoms with van der Waals surface area (Å²) in [4.78, 5) is 7.40. The number of piperazine rings is 1. The number of sulfonamides is 1. The van der Waals surface area contributed by atoms with Crippen LogP contribution in [0.4, 0.5) is 0 Å². The van der Waals surface area contributed by atoms with Crippen molar-refractivity contribution in [2.75, 3.05) is 51.6 Å². The molecule has 0 bridgehead atoms. The highest BCUT2D eigenvalue weighted by molar-refractivity contribution is 7.89. The number of hydrogen-bond donors (Lipinski definition) is 1. The lowest BCUT2D eigenvalue weighted by atomic mass is 9.85. The summed E-state index contributed by atoms with van der Waals surface area (Å²) in [5, 5.41) is 4.76. The van der Waals surface area contributed by atoms with Gasteiger partial charge in [-0.3, -0.25) is 4.90 Å². The Morgan fingerprint density at radius 3 is 1.98 bits per heavy atom. The normalized spacial score (nSPS) is 19.2. The molecule has 3 aromatic carbocycles. The van der Waals surface area contributed by atoms with Crippen LogP contribution >= 0.6 is 23.2 Å². The first-order valence-electron chi connectivity index (χ1n) is 15.8. The molecule has 0 radical (unpaired) electrons. The van der Waals surface area contributed by atoms with Gasteiger partial charge in [-0.2, -0.15) is 0 Å². The number of rotatable bonds is 9. The van der Waals surface area contributed by atoms with Crippen LogP contribution < -0.4 is 5.32 Å². The van der Waals surface area contributed by atoms with E-state index in [2.05, 4.69) is 57.2 Å². The van der Waals surface area contributed by atoms with E-state index in [4.69, 9.17) is 28.2 Å². The zero-order chi connectivity index (χ0) is 30.3. The monoisotopic (exact) mass is 651 g/mol. The quantitative estimate of drug-likeness (QED) is 0.216. The van der Waals surface area contributed by atoms with E-state index >= 15 is 0 Å². The number of imidazole rings is 1. The lowest BCUT2D eigenvalue weighted by Gasteiger charge is -2.34. The Morgan fingerprint density at radius 2 is 1.39 bits per heavy atom. The zero-order valence-corrected chi connectivity index (χ0v) is 27.2. The highest BCUT2D eigenvalue weighted by Gasteiger charge is 2.35. The van der Waals surface area contributed by atoms with Crippen molar-refractivity contribution < 1.29 is 8.42 Å². The van der Waals surface area contributed by atoms with E-state index in [0.29, 0.717) is 35.6 Å². The maximum Gasteiger partial charge on any atom is 0.215 e. The van der Waals surface area contributed by atoms with E-state index < -0.39 is 10.0 Å². The van der Waals surface area contributed by atoms with Gasteiger partial charge in [-0.25, -0.2) is 17.7 Å². The average Bonchev–Trinajstić information content (AvgIpc) is 3.83. The minimum atomic E-state index is -3.29. The van der Waals surface area contributed by atoms with Crippen LogP contribution in [0.1, 0.15) is 66.1 Å². The van der Waals surface area contributed by atoms with Crippen LogP contribution in [0.15, 0.2) is 66.7 Å². The Kier molecular flexibility index (Phi) is 8.74. The summed E-state index contributed by atoms with van der Waals surface area (Å²) in [7, 11) is -3.29. The van der Waals surface area contributed by atoms with Crippen LogP contribution in [0.2, 0.25) is 10.0 Å². The average molecular weight is 653 g/mol. The molecule has 4 aromatic rings. The standard InChI is InChI=1S/C34H39Cl2N5O2S/c35-28-8-3-24(4-9-28)33(25-5-10-29(36)11-6-25)27-7-12-31-32(23-27)41(34(38-31)26-1-2-26)30-13-17-40(18-14-30)44(42,43)22-21-39-19-15-37-16-20-39/h3-12,23,26,30,33,37H,1-2,13-22H2. The van der Waals surface area contributed by atoms with Crippen LogP contribution in [0, 0.1) is 0 Å². The first-order chi connectivity index (χ1) is 21.4. The van der Waals surface area contributed by atoms with E-state index in [-0.39, 0.29) is 17.7 Å². The number of nitrogens with one attached hydrogen (secondary N) is 1. The molecule has 44 heavy (non-hydrogen) atoms. The minimum absolute atomic E-state index is 0.00401. The molecule has 3 fully saturated rings. The molecule has 1 aliphatic carbocycles. The van der Waals surface area contributed by atoms with Crippen molar-refractivity contribution in [3.63, 3.8) is 0 Å². The van der Waals surface area contributed by atoms with Gasteiger partial charge in [0.2, 0.25) is 10.0 Å². The molecule has 0 unspecified atom stereocenters. The van der Waals surface area contributed by atoms with E-state index in [9.17, 15) is 8.42 Å². The molecule has 1 saturated carbocycles. The number of fused-ring (bicyclic) bond motifs is 1. The number of benzene rings is 3. The Labute approximate surface area is 270 Å².